The molecule has 0 saturated carbocycles. The molecule has 0 radical (unpaired) electrons. The van der Waals surface area contributed by atoms with Gasteiger partial charge in [0.1, 0.15) is 0 Å². The van der Waals surface area contributed by atoms with Crippen LogP contribution in [0.2, 0.25) is 0 Å². The Labute approximate surface area is 141 Å². The molecule has 1 N–H and O–H groups in total. The van der Waals surface area contributed by atoms with E-state index >= 15 is 0 Å². The Kier molecular flexibility index (Phi) is 4.30. The monoisotopic (exact) mass is 325 g/mol. The van der Waals surface area contributed by atoms with Crippen LogP contribution in [0.15, 0.2) is 29.3 Å². The van der Waals surface area contributed by atoms with Crippen molar-refractivity contribution in [2.24, 2.45) is 0 Å². The summed E-state index contributed by atoms with van der Waals surface area (Å²) < 4.78 is 0. The first-order valence-electron chi connectivity index (χ1n) is 8.78. The van der Waals surface area contributed by atoms with Crippen molar-refractivity contribution in [3.05, 3.63) is 51.7 Å². The van der Waals surface area contributed by atoms with Gasteiger partial charge in [0, 0.05) is 51.5 Å². The molecule has 0 unspecified atom stereocenters. The molecule has 4 heterocycles. The molecule has 126 valence electrons. The van der Waals surface area contributed by atoms with Crippen LogP contribution in [0, 0.1) is 0 Å². The highest BCUT2D eigenvalue weighted by molar-refractivity contribution is 5.34. The Morgan fingerprint density at radius 1 is 1.08 bits per heavy atom. The number of fused-ring (bicyclic) bond motifs is 1. The van der Waals surface area contributed by atoms with Crippen molar-refractivity contribution in [2.75, 3.05) is 24.5 Å². The van der Waals surface area contributed by atoms with E-state index in [2.05, 4.69) is 19.8 Å². The molecular formula is C18H23N5O. The topological polar surface area (TPSA) is 65.1 Å². The van der Waals surface area contributed by atoms with Crippen LogP contribution in [0.1, 0.15) is 36.1 Å². The first kappa shape index (κ1) is 15.3. The van der Waals surface area contributed by atoms with Crippen molar-refractivity contribution in [3.63, 3.8) is 0 Å². The van der Waals surface area contributed by atoms with E-state index in [1.807, 2.05) is 24.5 Å². The maximum absolute atomic E-state index is 12.6. The van der Waals surface area contributed by atoms with Crippen LogP contribution in [0.4, 0.5) is 5.95 Å². The van der Waals surface area contributed by atoms with Gasteiger partial charge in [-0.05, 0) is 37.0 Å². The quantitative estimate of drug-likeness (QED) is 0.931. The Morgan fingerprint density at radius 3 is 2.67 bits per heavy atom. The Morgan fingerprint density at radius 2 is 1.88 bits per heavy atom. The predicted molar refractivity (Wildman–Crippen MR) is 93.0 cm³/mol. The van der Waals surface area contributed by atoms with Crippen molar-refractivity contribution in [3.8, 4) is 0 Å². The molecule has 0 aliphatic carbocycles. The Bertz CT molecular complexity index is 752. The lowest BCUT2D eigenvalue weighted by Gasteiger charge is -2.30. The number of aromatic amines is 1. The molecule has 24 heavy (non-hydrogen) atoms. The number of pyridine rings is 1. The first-order valence-corrected chi connectivity index (χ1v) is 8.78. The van der Waals surface area contributed by atoms with Crippen molar-refractivity contribution < 1.29 is 0 Å². The lowest BCUT2D eigenvalue weighted by atomic mass is 10.1. The predicted octanol–water partition coefficient (Wildman–Crippen LogP) is 1.71. The lowest BCUT2D eigenvalue weighted by Crippen LogP contribution is -2.38. The molecule has 1 fully saturated rings. The second-order valence-corrected chi connectivity index (χ2v) is 6.68. The fourth-order valence-corrected chi connectivity index (χ4v) is 3.60. The van der Waals surface area contributed by atoms with Crippen molar-refractivity contribution in [1.29, 1.82) is 0 Å². The van der Waals surface area contributed by atoms with Gasteiger partial charge >= 0.3 is 0 Å². The van der Waals surface area contributed by atoms with E-state index < -0.39 is 0 Å². The molecule has 0 atom stereocenters. The summed E-state index contributed by atoms with van der Waals surface area (Å²) in [6.07, 6.45) is 8.10. The van der Waals surface area contributed by atoms with Gasteiger partial charge in [-0.1, -0.05) is 0 Å². The highest BCUT2D eigenvalue weighted by Gasteiger charge is 2.23. The van der Waals surface area contributed by atoms with Crippen molar-refractivity contribution in [2.45, 2.75) is 38.8 Å². The normalized spacial score (nSPS) is 18.4. The number of hydrogen-bond donors (Lipinski definition) is 1. The van der Waals surface area contributed by atoms with E-state index in [4.69, 9.17) is 4.98 Å². The van der Waals surface area contributed by atoms with E-state index in [-0.39, 0.29) is 5.56 Å². The van der Waals surface area contributed by atoms with E-state index in [1.54, 1.807) is 0 Å². The molecule has 2 aliphatic heterocycles. The maximum Gasteiger partial charge on any atom is 0.257 e. The van der Waals surface area contributed by atoms with E-state index in [9.17, 15) is 4.79 Å². The van der Waals surface area contributed by atoms with Crippen LogP contribution in [-0.4, -0.2) is 39.5 Å². The van der Waals surface area contributed by atoms with Gasteiger partial charge in [0.15, 0.2) is 0 Å². The highest BCUT2D eigenvalue weighted by Crippen LogP contribution is 2.20. The third-order valence-corrected chi connectivity index (χ3v) is 4.95. The first-order chi connectivity index (χ1) is 11.8. The van der Waals surface area contributed by atoms with Crippen LogP contribution in [0.3, 0.4) is 0 Å². The summed E-state index contributed by atoms with van der Waals surface area (Å²) in [5, 5.41) is 0. The molecule has 2 aromatic heterocycles. The maximum atomic E-state index is 12.6. The number of rotatable bonds is 3. The molecule has 1 saturated heterocycles. The van der Waals surface area contributed by atoms with Crippen LogP contribution >= 0.6 is 0 Å². The lowest BCUT2D eigenvalue weighted by molar-refractivity contribution is 0.241. The molecule has 0 spiro atoms. The number of hydrogen-bond acceptors (Lipinski definition) is 5. The van der Waals surface area contributed by atoms with Crippen LogP contribution in [0.25, 0.3) is 0 Å². The number of piperidine rings is 1. The van der Waals surface area contributed by atoms with Gasteiger partial charge in [0.25, 0.3) is 5.56 Å². The summed E-state index contributed by atoms with van der Waals surface area (Å²) >= 11 is 0. The van der Waals surface area contributed by atoms with Gasteiger partial charge in [-0.3, -0.25) is 19.7 Å². The van der Waals surface area contributed by atoms with Gasteiger partial charge in [-0.2, -0.15) is 0 Å². The third kappa shape index (κ3) is 3.19. The van der Waals surface area contributed by atoms with Gasteiger partial charge in [-0.15, -0.1) is 0 Å². The molecular weight excluding hydrogens is 302 g/mol. The van der Waals surface area contributed by atoms with Gasteiger partial charge in [0.2, 0.25) is 5.95 Å². The molecule has 0 aromatic carbocycles. The number of aromatic nitrogens is 3. The van der Waals surface area contributed by atoms with Crippen LogP contribution in [0.5, 0.6) is 0 Å². The molecule has 2 aliphatic rings. The van der Waals surface area contributed by atoms with Gasteiger partial charge in [0.05, 0.1) is 11.3 Å². The van der Waals surface area contributed by atoms with Crippen LogP contribution < -0.4 is 10.5 Å². The molecule has 0 bridgehead atoms. The van der Waals surface area contributed by atoms with E-state index in [0.717, 1.165) is 49.8 Å². The average molecular weight is 325 g/mol. The number of anilines is 1. The molecule has 6 heteroatoms. The largest absolute Gasteiger partial charge is 0.342 e. The summed E-state index contributed by atoms with van der Waals surface area (Å²) in [6, 6.07) is 4.05. The summed E-state index contributed by atoms with van der Waals surface area (Å²) in [6.45, 7) is 4.44. The molecule has 6 nitrogen and oxygen atoms in total. The molecule has 4 rings (SSSR count). The zero-order valence-electron chi connectivity index (χ0n) is 13.9. The summed E-state index contributed by atoms with van der Waals surface area (Å²) in [4.78, 5) is 28.9. The van der Waals surface area contributed by atoms with Crippen molar-refractivity contribution in [1.82, 2.24) is 19.9 Å². The Balaban J connectivity index is 1.53. The SMILES string of the molecule is O=c1[nH]c(N2CCCCC2)nc2c1CN(Cc1ccncc1)CC2. The van der Waals surface area contributed by atoms with Crippen LogP contribution in [-0.2, 0) is 19.5 Å². The fourth-order valence-electron chi connectivity index (χ4n) is 3.60. The minimum absolute atomic E-state index is 0.0278. The van der Waals surface area contributed by atoms with Crippen molar-refractivity contribution >= 4 is 5.95 Å². The second-order valence-electron chi connectivity index (χ2n) is 6.68. The number of H-pyrrole nitrogens is 1. The number of nitrogens with one attached hydrogen (secondary N) is 1. The molecule has 0 amide bonds. The average Bonchev–Trinajstić information content (AvgIpc) is 2.64. The van der Waals surface area contributed by atoms with Gasteiger partial charge < -0.3 is 4.90 Å². The fraction of sp³-hybridized carbons (Fsp3) is 0.500. The molecule has 2 aromatic rings. The van der Waals surface area contributed by atoms with Gasteiger partial charge in [-0.25, -0.2) is 4.98 Å². The highest BCUT2D eigenvalue weighted by atomic mass is 16.1. The third-order valence-electron chi connectivity index (χ3n) is 4.95. The standard InChI is InChI=1S/C18H23N5O/c24-17-15-13-22(12-14-4-7-19-8-5-14)11-6-16(15)20-18(21-17)23-9-2-1-3-10-23/h4-5,7-8H,1-3,6,9-13H2,(H,20,21,24). The minimum Gasteiger partial charge on any atom is -0.342 e. The summed E-state index contributed by atoms with van der Waals surface area (Å²) in [7, 11) is 0. The zero-order valence-corrected chi connectivity index (χ0v) is 13.9. The number of nitrogens with zero attached hydrogens (tertiary/aromatic N) is 4. The minimum atomic E-state index is 0.0278. The smallest absolute Gasteiger partial charge is 0.257 e. The zero-order chi connectivity index (χ0) is 16.4. The Hall–Kier alpha value is -2.21. The van der Waals surface area contributed by atoms with E-state index in [1.165, 1.54) is 24.8 Å². The second kappa shape index (κ2) is 6.73. The summed E-state index contributed by atoms with van der Waals surface area (Å²) in [5.74, 6) is 0.765. The van der Waals surface area contributed by atoms with E-state index in [0.29, 0.717) is 6.54 Å². The summed E-state index contributed by atoms with van der Waals surface area (Å²) in [5.41, 5.74) is 3.06.